The van der Waals surface area contributed by atoms with Crippen molar-refractivity contribution in [2.24, 2.45) is 0 Å². The lowest BCUT2D eigenvalue weighted by molar-refractivity contribution is 0.588. The van der Waals surface area contributed by atoms with Crippen LogP contribution in [0.4, 0.5) is 0 Å². The molecule has 0 fully saturated rings. The lowest BCUT2D eigenvalue weighted by Crippen LogP contribution is -2.17. The summed E-state index contributed by atoms with van der Waals surface area (Å²) in [4.78, 5) is 0. The number of hydrogen-bond acceptors (Lipinski definition) is 2. The van der Waals surface area contributed by atoms with Gasteiger partial charge in [-0.05, 0) is 47.7 Å². The molecule has 0 aromatic heterocycles. The zero-order valence-electron chi connectivity index (χ0n) is 11.5. The molecule has 1 aromatic rings. The van der Waals surface area contributed by atoms with Crippen molar-refractivity contribution in [3.8, 4) is 0 Å². The van der Waals surface area contributed by atoms with E-state index >= 15 is 0 Å². The first kappa shape index (κ1) is 14.6. The molecule has 0 aliphatic carbocycles. The van der Waals surface area contributed by atoms with Crippen LogP contribution in [-0.2, 0) is 12.0 Å². The second kappa shape index (κ2) is 6.46. The fourth-order valence-corrected chi connectivity index (χ4v) is 1.95. The van der Waals surface area contributed by atoms with Gasteiger partial charge in [0.15, 0.2) is 0 Å². The minimum atomic E-state index is 0.239. The van der Waals surface area contributed by atoms with Gasteiger partial charge < -0.3 is 5.32 Å². The molecule has 1 aromatic carbocycles. The first-order valence-electron chi connectivity index (χ1n) is 6.36. The van der Waals surface area contributed by atoms with Gasteiger partial charge in [-0.25, -0.2) is 0 Å². The fourth-order valence-electron chi connectivity index (χ4n) is 1.79. The Labute approximate surface area is 111 Å². The van der Waals surface area contributed by atoms with E-state index in [1.165, 1.54) is 16.7 Å². The summed E-state index contributed by atoms with van der Waals surface area (Å²) >= 11 is 4.21. The van der Waals surface area contributed by atoms with Gasteiger partial charge in [-0.15, -0.1) is 0 Å². The molecule has 0 aliphatic rings. The number of hydrogen-bond donors (Lipinski definition) is 2. The van der Waals surface area contributed by atoms with Crippen molar-refractivity contribution < 1.29 is 0 Å². The van der Waals surface area contributed by atoms with Crippen molar-refractivity contribution in [3.63, 3.8) is 0 Å². The molecular weight excluding hydrogens is 226 g/mol. The normalized spacial score (nSPS) is 11.8. The minimum absolute atomic E-state index is 0.239. The van der Waals surface area contributed by atoms with Gasteiger partial charge in [0.1, 0.15) is 0 Å². The predicted octanol–water partition coefficient (Wildman–Crippen LogP) is 3.70. The maximum atomic E-state index is 4.21. The Balaban J connectivity index is 2.64. The standard InChI is InChI=1S/C15H25NS/c1-12-10-14(15(2,3)4)7-6-13(12)11-16-8-5-9-17/h6-7,10,16-17H,5,8-9,11H2,1-4H3. The van der Waals surface area contributed by atoms with Gasteiger partial charge in [0.05, 0.1) is 0 Å². The van der Waals surface area contributed by atoms with Gasteiger partial charge in [-0.1, -0.05) is 39.0 Å². The highest BCUT2D eigenvalue weighted by atomic mass is 32.1. The molecule has 2 heteroatoms. The topological polar surface area (TPSA) is 12.0 Å². The second-order valence-corrected chi connectivity index (χ2v) is 6.09. The first-order valence-corrected chi connectivity index (χ1v) is 7.00. The van der Waals surface area contributed by atoms with Crippen LogP contribution in [0.15, 0.2) is 18.2 Å². The first-order chi connectivity index (χ1) is 7.95. The summed E-state index contributed by atoms with van der Waals surface area (Å²) in [5, 5.41) is 3.45. The highest BCUT2D eigenvalue weighted by molar-refractivity contribution is 7.80. The molecular formula is C15H25NS. The number of thiol groups is 1. The SMILES string of the molecule is Cc1cc(C(C)(C)C)ccc1CNCCCS. The predicted molar refractivity (Wildman–Crippen MR) is 80.1 cm³/mol. The van der Waals surface area contributed by atoms with Crippen LogP contribution in [0.3, 0.4) is 0 Å². The van der Waals surface area contributed by atoms with Gasteiger partial charge in [0.25, 0.3) is 0 Å². The summed E-state index contributed by atoms with van der Waals surface area (Å²) in [6, 6.07) is 6.82. The molecule has 0 saturated heterocycles. The van der Waals surface area contributed by atoms with Gasteiger partial charge in [-0.2, -0.15) is 12.6 Å². The zero-order chi connectivity index (χ0) is 12.9. The lowest BCUT2D eigenvalue weighted by Gasteiger charge is -2.20. The van der Waals surface area contributed by atoms with Crippen LogP contribution in [0.2, 0.25) is 0 Å². The summed E-state index contributed by atoms with van der Waals surface area (Å²) < 4.78 is 0. The number of benzene rings is 1. The van der Waals surface area contributed by atoms with Crippen molar-refractivity contribution in [2.45, 2.75) is 46.1 Å². The number of nitrogens with one attached hydrogen (secondary N) is 1. The summed E-state index contributed by atoms with van der Waals surface area (Å²) in [6.07, 6.45) is 1.13. The molecule has 0 saturated carbocycles. The Kier molecular flexibility index (Phi) is 5.54. The van der Waals surface area contributed by atoms with Crippen molar-refractivity contribution in [1.82, 2.24) is 5.32 Å². The Hall–Kier alpha value is -0.470. The van der Waals surface area contributed by atoms with Crippen LogP contribution in [0.25, 0.3) is 0 Å². The molecule has 17 heavy (non-hydrogen) atoms. The zero-order valence-corrected chi connectivity index (χ0v) is 12.4. The van der Waals surface area contributed by atoms with E-state index in [4.69, 9.17) is 0 Å². The maximum absolute atomic E-state index is 4.21. The average molecular weight is 251 g/mol. The summed E-state index contributed by atoms with van der Waals surface area (Å²) in [7, 11) is 0. The Morgan fingerprint density at radius 3 is 2.47 bits per heavy atom. The minimum Gasteiger partial charge on any atom is -0.313 e. The molecule has 0 spiro atoms. The van der Waals surface area contributed by atoms with E-state index in [-0.39, 0.29) is 5.41 Å². The second-order valence-electron chi connectivity index (χ2n) is 5.65. The van der Waals surface area contributed by atoms with Gasteiger partial charge >= 0.3 is 0 Å². The van der Waals surface area contributed by atoms with Crippen molar-refractivity contribution >= 4 is 12.6 Å². The molecule has 1 N–H and O–H groups in total. The summed E-state index contributed by atoms with van der Waals surface area (Å²) in [5.74, 6) is 0.953. The Bertz CT molecular complexity index is 352. The Morgan fingerprint density at radius 2 is 1.94 bits per heavy atom. The van der Waals surface area contributed by atoms with Crippen LogP contribution in [0, 0.1) is 6.92 Å². The molecule has 0 unspecified atom stereocenters. The van der Waals surface area contributed by atoms with E-state index in [0.29, 0.717) is 0 Å². The molecule has 1 nitrogen and oxygen atoms in total. The van der Waals surface area contributed by atoms with Gasteiger partial charge in [0, 0.05) is 6.54 Å². The quantitative estimate of drug-likeness (QED) is 0.600. The number of rotatable bonds is 5. The fraction of sp³-hybridized carbons (Fsp3) is 0.600. The van der Waals surface area contributed by atoms with E-state index in [1.807, 2.05) is 0 Å². The third-order valence-corrected chi connectivity index (χ3v) is 3.35. The highest BCUT2D eigenvalue weighted by Gasteiger charge is 2.14. The average Bonchev–Trinajstić information content (AvgIpc) is 2.24. The largest absolute Gasteiger partial charge is 0.313 e. The molecule has 0 amide bonds. The third kappa shape index (κ3) is 4.72. The van der Waals surface area contributed by atoms with Crippen molar-refractivity contribution in [2.75, 3.05) is 12.3 Å². The van der Waals surface area contributed by atoms with Crippen LogP contribution >= 0.6 is 12.6 Å². The third-order valence-electron chi connectivity index (χ3n) is 3.04. The molecule has 0 aliphatic heterocycles. The van der Waals surface area contributed by atoms with E-state index in [0.717, 1.165) is 25.3 Å². The van der Waals surface area contributed by atoms with Crippen molar-refractivity contribution in [3.05, 3.63) is 34.9 Å². The maximum Gasteiger partial charge on any atom is 0.0208 e. The smallest absolute Gasteiger partial charge is 0.0208 e. The molecule has 0 atom stereocenters. The van der Waals surface area contributed by atoms with Crippen LogP contribution < -0.4 is 5.32 Å². The molecule has 1 rings (SSSR count). The molecule has 0 radical (unpaired) electrons. The molecule has 96 valence electrons. The van der Waals surface area contributed by atoms with E-state index in [9.17, 15) is 0 Å². The summed E-state index contributed by atoms with van der Waals surface area (Å²) in [5.41, 5.74) is 4.44. The number of aryl methyl sites for hydroxylation is 1. The molecule has 0 heterocycles. The van der Waals surface area contributed by atoms with Crippen LogP contribution in [0.5, 0.6) is 0 Å². The van der Waals surface area contributed by atoms with E-state index < -0.39 is 0 Å². The van der Waals surface area contributed by atoms with E-state index in [2.05, 4.69) is 63.8 Å². The van der Waals surface area contributed by atoms with Crippen molar-refractivity contribution in [1.29, 1.82) is 0 Å². The monoisotopic (exact) mass is 251 g/mol. The molecule has 0 bridgehead atoms. The Morgan fingerprint density at radius 1 is 1.24 bits per heavy atom. The van der Waals surface area contributed by atoms with Crippen LogP contribution in [-0.4, -0.2) is 12.3 Å². The lowest BCUT2D eigenvalue weighted by atomic mass is 9.85. The summed E-state index contributed by atoms with van der Waals surface area (Å²) in [6.45, 7) is 11.0. The van der Waals surface area contributed by atoms with Gasteiger partial charge in [0.2, 0.25) is 0 Å². The van der Waals surface area contributed by atoms with Gasteiger partial charge in [-0.3, -0.25) is 0 Å². The van der Waals surface area contributed by atoms with E-state index in [1.54, 1.807) is 0 Å². The highest BCUT2D eigenvalue weighted by Crippen LogP contribution is 2.24. The van der Waals surface area contributed by atoms with Crippen LogP contribution in [0.1, 0.15) is 43.9 Å².